The molecule has 0 bridgehead atoms. The van der Waals surface area contributed by atoms with E-state index in [-0.39, 0.29) is 16.9 Å². The number of hydrogen-bond acceptors (Lipinski definition) is 4. The summed E-state index contributed by atoms with van der Waals surface area (Å²) in [5.41, 5.74) is 0.101. The van der Waals surface area contributed by atoms with Crippen molar-refractivity contribution in [2.24, 2.45) is 5.41 Å². The minimum atomic E-state index is -4.57. The lowest BCUT2D eigenvalue weighted by Gasteiger charge is -2.37. The van der Waals surface area contributed by atoms with Gasteiger partial charge in [-0.1, -0.05) is 97.1 Å². The third-order valence-corrected chi connectivity index (χ3v) is 8.64. The highest BCUT2D eigenvalue weighted by atomic mass is 19.4. The first-order chi connectivity index (χ1) is 19.7. The molecule has 0 aromatic heterocycles. The highest BCUT2D eigenvalue weighted by Gasteiger charge is 2.71. The van der Waals surface area contributed by atoms with Crippen LogP contribution in [-0.4, -0.2) is 29.4 Å². The Morgan fingerprint density at radius 2 is 1.32 bits per heavy atom. The van der Waals surface area contributed by atoms with Crippen molar-refractivity contribution in [1.82, 2.24) is 0 Å². The van der Waals surface area contributed by atoms with Crippen molar-refractivity contribution in [2.45, 2.75) is 24.2 Å². The number of fused-ring (bicyclic) bond motifs is 5. The van der Waals surface area contributed by atoms with Gasteiger partial charge in [-0.3, -0.25) is 14.4 Å². The summed E-state index contributed by atoms with van der Waals surface area (Å²) in [5, 5.41) is 0. The van der Waals surface area contributed by atoms with Crippen molar-refractivity contribution < 1.29 is 27.6 Å². The minimum Gasteiger partial charge on any atom is -0.352 e. The van der Waals surface area contributed by atoms with Crippen LogP contribution in [0.4, 0.5) is 18.9 Å². The fourth-order valence-corrected chi connectivity index (χ4v) is 6.94. The quantitative estimate of drug-likeness (QED) is 0.204. The van der Waals surface area contributed by atoms with E-state index >= 15 is 0 Å². The molecule has 41 heavy (non-hydrogen) atoms. The molecular weight excluding hydrogens is 527 g/mol. The zero-order valence-electron chi connectivity index (χ0n) is 21.5. The number of hydrogen-bond donors (Lipinski definition) is 0. The van der Waals surface area contributed by atoms with Crippen molar-refractivity contribution in [3.8, 4) is 0 Å². The average Bonchev–Trinajstić information content (AvgIpc) is 3.43. The number of carbonyl (C=O) groups excluding carboxylic acids is 3. The zero-order chi connectivity index (χ0) is 28.5. The second kappa shape index (κ2) is 8.86. The molecule has 7 heteroatoms. The van der Waals surface area contributed by atoms with E-state index in [4.69, 9.17) is 0 Å². The lowest BCUT2D eigenvalue weighted by Crippen LogP contribution is -2.48. The maximum Gasteiger partial charge on any atom is 0.416 e. The fraction of sp³-hybridized carbons (Fsp3) is 0.147. The molecule has 0 N–H and O–H groups in total. The van der Waals surface area contributed by atoms with Gasteiger partial charge in [0.25, 0.3) is 0 Å². The molecule has 0 amide bonds. The van der Waals surface area contributed by atoms with Gasteiger partial charge >= 0.3 is 6.18 Å². The van der Waals surface area contributed by atoms with E-state index in [1.54, 1.807) is 60.7 Å². The molecule has 3 aliphatic rings. The normalized spacial score (nSPS) is 22.0. The van der Waals surface area contributed by atoms with Crippen LogP contribution in [0, 0.1) is 5.41 Å². The average molecular weight is 550 g/mol. The SMILES string of the molecule is O=C(c1ccccc1)[C@@H]1[C@H](c2ccc(C(F)(F)F)cc2)C2(C(=O)c3ccccc3C2=O)[C@H]2C=Cc3ccccc3N12. The summed E-state index contributed by atoms with van der Waals surface area (Å²) in [7, 11) is 0. The summed E-state index contributed by atoms with van der Waals surface area (Å²) in [4.78, 5) is 45.4. The van der Waals surface area contributed by atoms with Crippen LogP contribution in [0.3, 0.4) is 0 Å². The van der Waals surface area contributed by atoms with E-state index in [0.717, 1.165) is 17.7 Å². The Kier molecular flexibility index (Phi) is 5.45. The van der Waals surface area contributed by atoms with Crippen LogP contribution in [0.1, 0.15) is 53.7 Å². The lowest BCUT2D eigenvalue weighted by molar-refractivity contribution is -0.137. The maximum atomic E-state index is 14.5. The predicted octanol–water partition coefficient (Wildman–Crippen LogP) is 7.02. The Bertz CT molecular complexity index is 1720. The molecule has 202 valence electrons. The summed E-state index contributed by atoms with van der Waals surface area (Å²) >= 11 is 0. The molecule has 7 rings (SSSR count). The molecule has 1 aliphatic carbocycles. The van der Waals surface area contributed by atoms with Gasteiger partial charge < -0.3 is 4.90 Å². The smallest absolute Gasteiger partial charge is 0.352 e. The Morgan fingerprint density at radius 1 is 0.732 bits per heavy atom. The van der Waals surface area contributed by atoms with Gasteiger partial charge in [-0.25, -0.2) is 0 Å². The monoisotopic (exact) mass is 549 g/mol. The number of carbonyl (C=O) groups is 3. The Morgan fingerprint density at radius 3 is 1.95 bits per heavy atom. The van der Waals surface area contributed by atoms with Crippen molar-refractivity contribution in [3.05, 3.63) is 143 Å². The van der Waals surface area contributed by atoms with E-state index in [9.17, 15) is 27.6 Å². The highest BCUT2D eigenvalue weighted by molar-refractivity contribution is 6.32. The van der Waals surface area contributed by atoms with Gasteiger partial charge in [0.1, 0.15) is 11.5 Å². The fourth-order valence-electron chi connectivity index (χ4n) is 6.94. The van der Waals surface area contributed by atoms with E-state index in [2.05, 4.69) is 0 Å². The van der Waals surface area contributed by atoms with Crippen molar-refractivity contribution in [2.75, 3.05) is 4.90 Å². The molecule has 1 spiro atoms. The van der Waals surface area contributed by atoms with Crippen molar-refractivity contribution in [3.63, 3.8) is 0 Å². The Balaban J connectivity index is 1.53. The van der Waals surface area contributed by atoms with Gasteiger partial charge in [-0.05, 0) is 29.3 Å². The second-order valence-electron chi connectivity index (χ2n) is 10.6. The summed E-state index contributed by atoms with van der Waals surface area (Å²) in [6, 6.07) is 25.2. The third kappa shape index (κ3) is 3.44. The maximum absolute atomic E-state index is 14.5. The van der Waals surface area contributed by atoms with Gasteiger partial charge in [0.15, 0.2) is 17.3 Å². The van der Waals surface area contributed by atoms with Gasteiger partial charge in [0.2, 0.25) is 0 Å². The topological polar surface area (TPSA) is 54.5 Å². The Hall–Kier alpha value is -4.78. The molecule has 1 fully saturated rings. The van der Waals surface area contributed by atoms with Crippen LogP contribution >= 0.6 is 0 Å². The van der Waals surface area contributed by atoms with Crippen LogP contribution in [0.25, 0.3) is 6.08 Å². The molecular formula is C34H22F3NO3. The molecule has 4 nitrogen and oxygen atoms in total. The molecule has 4 aromatic carbocycles. The van der Waals surface area contributed by atoms with Gasteiger partial charge in [0.05, 0.1) is 11.6 Å². The molecule has 3 atom stereocenters. The van der Waals surface area contributed by atoms with Gasteiger partial charge in [0, 0.05) is 28.3 Å². The number of benzene rings is 4. The Labute approximate surface area is 233 Å². The molecule has 2 aliphatic heterocycles. The molecule has 0 radical (unpaired) electrons. The number of alkyl halides is 3. The number of anilines is 1. The van der Waals surface area contributed by atoms with Gasteiger partial charge in [-0.2, -0.15) is 13.2 Å². The zero-order valence-corrected chi connectivity index (χ0v) is 21.5. The largest absolute Gasteiger partial charge is 0.416 e. The van der Waals surface area contributed by atoms with Crippen molar-refractivity contribution in [1.29, 1.82) is 0 Å². The van der Waals surface area contributed by atoms with Gasteiger partial charge in [-0.15, -0.1) is 0 Å². The molecule has 1 saturated heterocycles. The molecule has 0 saturated carbocycles. The number of nitrogens with zero attached hydrogens (tertiary/aromatic N) is 1. The van der Waals surface area contributed by atoms with Crippen molar-refractivity contribution >= 4 is 29.1 Å². The molecule has 0 unspecified atom stereocenters. The van der Waals surface area contributed by atoms with Crippen LogP contribution in [0.15, 0.2) is 109 Å². The minimum absolute atomic E-state index is 0.259. The van der Waals surface area contributed by atoms with Crippen LogP contribution < -0.4 is 4.90 Å². The lowest BCUT2D eigenvalue weighted by atomic mass is 9.64. The van der Waals surface area contributed by atoms with E-state index in [1.165, 1.54) is 12.1 Å². The predicted molar refractivity (Wildman–Crippen MR) is 148 cm³/mol. The number of para-hydroxylation sites is 1. The third-order valence-electron chi connectivity index (χ3n) is 8.64. The second-order valence-corrected chi connectivity index (χ2v) is 10.6. The highest BCUT2D eigenvalue weighted by Crippen LogP contribution is 2.61. The summed E-state index contributed by atoms with van der Waals surface area (Å²) in [6.07, 6.45) is -0.931. The van der Waals surface area contributed by atoms with Crippen LogP contribution in [0.5, 0.6) is 0 Å². The summed E-state index contributed by atoms with van der Waals surface area (Å²) in [5.74, 6) is -2.24. The molecule has 2 heterocycles. The van der Waals surface area contributed by atoms with E-state index in [0.29, 0.717) is 16.8 Å². The van der Waals surface area contributed by atoms with E-state index in [1.807, 2.05) is 35.2 Å². The summed E-state index contributed by atoms with van der Waals surface area (Å²) < 4.78 is 40.6. The van der Waals surface area contributed by atoms with Crippen LogP contribution in [0.2, 0.25) is 0 Å². The summed E-state index contributed by atoms with van der Waals surface area (Å²) in [6.45, 7) is 0. The first-order valence-corrected chi connectivity index (χ1v) is 13.2. The standard InChI is InChI=1S/C34H22F3NO3/c35-34(36,37)23-17-14-21(15-18-23)28-29(30(39)22-9-2-1-3-10-22)38-26-13-7-4-8-20(26)16-19-27(38)33(28)31(40)24-11-5-6-12-25(24)32(33)41/h1-19,27-29H/t27-,28+,29+/m1/s1. The first kappa shape index (κ1) is 25.2. The number of Topliss-reactive ketones (excluding diaryl/α,β-unsaturated/α-hetero) is 3. The number of rotatable bonds is 3. The van der Waals surface area contributed by atoms with E-state index < -0.39 is 46.7 Å². The first-order valence-electron chi connectivity index (χ1n) is 13.2. The number of ketones is 3. The van der Waals surface area contributed by atoms with Crippen LogP contribution in [-0.2, 0) is 6.18 Å². The molecule has 4 aromatic rings. The number of halogens is 3.